The third kappa shape index (κ3) is 6.23. The minimum Gasteiger partial charge on any atom is -0.337 e. The molecule has 9 heteroatoms. The molecule has 0 bridgehead atoms. The van der Waals surface area contributed by atoms with Gasteiger partial charge in [0.25, 0.3) is 15.9 Å². The fraction of sp³-hybridized carbons (Fsp3) is 0.231. The van der Waals surface area contributed by atoms with Gasteiger partial charge in [-0.05, 0) is 72.6 Å². The summed E-state index contributed by atoms with van der Waals surface area (Å²) in [5, 5.41) is 8.94. The third-order valence-electron chi connectivity index (χ3n) is 5.87. The summed E-state index contributed by atoms with van der Waals surface area (Å²) >= 11 is 0. The molecule has 1 aliphatic heterocycles. The number of amides is 1. The van der Waals surface area contributed by atoms with E-state index in [1.54, 1.807) is 4.90 Å². The van der Waals surface area contributed by atoms with Gasteiger partial charge in [0, 0.05) is 44.0 Å². The number of anilines is 1. The zero-order valence-corrected chi connectivity index (χ0v) is 19.8. The highest BCUT2D eigenvalue weighted by molar-refractivity contribution is 7.92. The van der Waals surface area contributed by atoms with Gasteiger partial charge in [0.1, 0.15) is 5.82 Å². The molecule has 180 valence electrons. The molecule has 1 heterocycles. The van der Waals surface area contributed by atoms with Crippen molar-refractivity contribution in [3.8, 4) is 6.07 Å². The van der Waals surface area contributed by atoms with Crippen molar-refractivity contribution in [3.05, 3.63) is 95.3 Å². The summed E-state index contributed by atoms with van der Waals surface area (Å²) < 4.78 is 40.7. The zero-order valence-electron chi connectivity index (χ0n) is 19.0. The van der Waals surface area contributed by atoms with Crippen LogP contribution in [0.5, 0.6) is 0 Å². The predicted molar refractivity (Wildman–Crippen MR) is 131 cm³/mol. The Morgan fingerprint density at radius 2 is 1.60 bits per heavy atom. The summed E-state index contributed by atoms with van der Waals surface area (Å²) in [6, 6.07) is 20.5. The maximum atomic E-state index is 13.1. The van der Waals surface area contributed by atoms with E-state index in [1.807, 2.05) is 24.3 Å². The highest BCUT2D eigenvalue weighted by Gasteiger charge is 2.21. The van der Waals surface area contributed by atoms with Crippen LogP contribution in [0.25, 0.3) is 0 Å². The molecule has 0 aromatic heterocycles. The lowest BCUT2D eigenvalue weighted by molar-refractivity contribution is 0.0761. The lowest BCUT2D eigenvalue weighted by Gasteiger charge is -2.22. The van der Waals surface area contributed by atoms with Gasteiger partial charge in [0.05, 0.1) is 16.5 Å². The normalized spacial score (nSPS) is 14.7. The number of hydrogen-bond donors (Lipinski definition) is 1. The summed E-state index contributed by atoms with van der Waals surface area (Å²) in [5.74, 6) is -0.595. The van der Waals surface area contributed by atoms with Gasteiger partial charge in [-0.2, -0.15) is 5.26 Å². The van der Waals surface area contributed by atoms with Crippen molar-refractivity contribution < 1.29 is 17.6 Å². The second-order valence-electron chi connectivity index (χ2n) is 8.37. The number of halogens is 1. The van der Waals surface area contributed by atoms with Crippen molar-refractivity contribution in [3.63, 3.8) is 0 Å². The Morgan fingerprint density at radius 1 is 0.914 bits per heavy atom. The summed E-state index contributed by atoms with van der Waals surface area (Å²) in [5.41, 5.74) is 2.43. The first-order valence-corrected chi connectivity index (χ1v) is 12.7. The Bertz CT molecular complexity index is 1320. The number of nitrogens with zero attached hydrogens (tertiary/aromatic N) is 3. The number of nitrogens with one attached hydrogen (secondary N) is 1. The van der Waals surface area contributed by atoms with Gasteiger partial charge in [-0.15, -0.1) is 0 Å². The van der Waals surface area contributed by atoms with E-state index in [9.17, 15) is 17.6 Å². The first-order valence-electron chi connectivity index (χ1n) is 11.2. The first kappa shape index (κ1) is 24.4. The molecule has 4 rings (SSSR count). The van der Waals surface area contributed by atoms with Crippen molar-refractivity contribution in [2.75, 3.05) is 30.9 Å². The Labute approximate surface area is 204 Å². The van der Waals surface area contributed by atoms with Crippen LogP contribution in [0.2, 0.25) is 0 Å². The van der Waals surface area contributed by atoms with Crippen LogP contribution in [-0.2, 0) is 16.6 Å². The second kappa shape index (κ2) is 10.7. The second-order valence-corrected chi connectivity index (χ2v) is 10.0. The van der Waals surface area contributed by atoms with Gasteiger partial charge in [0.15, 0.2) is 0 Å². The van der Waals surface area contributed by atoms with Crippen LogP contribution in [0.1, 0.15) is 27.9 Å². The Morgan fingerprint density at radius 3 is 2.26 bits per heavy atom. The van der Waals surface area contributed by atoms with E-state index >= 15 is 0 Å². The van der Waals surface area contributed by atoms with Crippen molar-refractivity contribution in [2.45, 2.75) is 17.9 Å². The fourth-order valence-electron chi connectivity index (χ4n) is 3.97. The highest BCUT2D eigenvalue weighted by atomic mass is 32.2. The van der Waals surface area contributed by atoms with E-state index in [-0.39, 0.29) is 16.5 Å². The quantitative estimate of drug-likeness (QED) is 0.564. The molecule has 0 atom stereocenters. The topological polar surface area (TPSA) is 93.5 Å². The average molecular weight is 493 g/mol. The predicted octanol–water partition coefficient (Wildman–Crippen LogP) is 3.85. The van der Waals surface area contributed by atoms with Crippen LogP contribution in [0.4, 0.5) is 10.1 Å². The molecule has 0 unspecified atom stereocenters. The number of nitriles is 1. The summed E-state index contributed by atoms with van der Waals surface area (Å²) in [4.78, 5) is 17.1. The molecule has 3 aromatic carbocycles. The van der Waals surface area contributed by atoms with Crippen molar-refractivity contribution in [2.24, 2.45) is 0 Å². The SMILES string of the molecule is N#Cc1ccc(CN2CCCN(C(=O)c3ccc(S(=O)(=O)Nc4ccc(F)cc4)cc3)CC2)cc1. The standard InChI is InChI=1S/C26H25FN4O3S/c27-23-8-10-24(11-9-23)29-35(33,34)25-12-6-22(7-13-25)26(32)31-15-1-14-30(16-17-31)19-21-4-2-20(18-28)3-5-21/h2-13,29H,1,14-17,19H2. The smallest absolute Gasteiger partial charge is 0.261 e. The maximum Gasteiger partial charge on any atom is 0.261 e. The molecule has 0 spiro atoms. The molecule has 1 aliphatic rings. The zero-order chi connectivity index (χ0) is 24.8. The summed E-state index contributed by atoms with van der Waals surface area (Å²) in [6.45, 7) is 3.52. The van der Waals surface area contributed by atoms with Crippen molar-refractivity contribution in [1.82, 2.24) is 9.80 Å². The molecule has 1 fully saturated rings. The number of hydrogen-bond acceptors (Lipinski definition) is 5. The Hall–Kier alpha value is -3.74. The average Bonchev–Trinajstić information content (AvgIpc) is 3.11. The maximum absolute atomic E-state index is 13.1. The van der Waals surface area contributed by atoms with Crippen molar-refractivity contribution in [1.29, 1.82) is 5.26 Å². The molecule has 1 saturated heterocycles. The van der Waals surface area contributed by atoms with Crippen LogP contribution >= 0.6 is 0 Å². The molecule has 1 N–H and O–H groups in total. The summed E-state index contributed by atoms with van der Waals surface area (Å²) in [6.07, 6.45) is 0.829. The van der Waals surface area contributed by atoms with E-state index in [4.69, 9.17) is 5.26 Å². The minimum atomic E-state index is -3.86. The van der Waals surface area contributed by atoms with Gasteiger partial charge in [-0.1, -0.05) is 12.1 Å². The van der Waals surface area contributed by atoms with E-state index < -0.39 is 15.8 Å². The molecule has 0 radical (unpaired) electrons. The lowest BCUT2D eigenvalue weighted by atomic mass is 10.1. The van der Waals surface area contributed by atoms with Gasteiger partial charge < -0.3 is 4.90 Å². The van der Waals surface area contributed by atoms with E-state index in [0.717, 1.165) is 31.6 Å². The first-order chi connectivity index (χ1) is 16.8. The Balaban J connectivity index is 1.36. The van der Waals surface area contributed by atoms with Gasteiger partial charge >= 0.3 is 0 Å². The number of sulfonamides is 1. The monoisotopic (exact) mass is 492 g/mol. The van der Waals surface area contributed by atoms with Crippen LogP contribution in [0.3, 0.4) is 0 Å². The Kier molecular flexibility index (Phi) is 7.44. The number of benzene rings is 3. The molecule has 35 heavy (non-hydrogen) atoms. The lowest BCUT2D eigenvalue weighted by Crippen LogP contribution is -2.35. The van der Waals surface area contributed by atoms with Crippen molar-refractivity contribution >= 4 is 21.6 Å². The van der Waals surface area contributed by atoms with E-state index in [1.165, 1.54) is 48.5 Å². The highest BCUT2D eigenvalue weighted by Crippen LogP contribution is 2.18. The third-order valence-corrected chi connectivity index (χ3v) is 7.27. The van der Waals surface area contributed by atoms with E-state index in [0.29, 0.717) is 24.2 Å². The fourth-order valence-corrected chi connectivity index (χ4v) is 5.02. The molecule has 0 aliphatic carbocycles. The molecule has 3 aromatic rings. The number of rotatable bonds is 6. The van der Waals surface area contributed by atoms with Crippen LogP contribution in [0, 0.1) is 17.1 Å². The number of carbonyl (C=O) groups excluding carboxylic acids is 1. The van der Waals surface area contributed by atoms with Gasteiger partial charge in [-0.25, -0.2) is 12.8 Å². The molecule has 7 nitrogen and oxygen atoms in total. The van der Waals surface area contributed by atoms with Gasteiger partial charge in [-0.3, -0.25) is 14.4 Å². The van der Waals surface area contributed by atoms with Gasteiger partial charge in [0.2, 0.25) is 0 Å². The molecular formula is C26H25FN4O3S. The minimum absolute atomic E-state index is 0.0165. The largest absolute Gasteiger partial charge is 0.337 e. The van der Waals surface area contributed by atoms with Crippen LogP contribution in [-0.4, -0.2) is 50.3 Å². The van der Waals surface area contributed by atoms with Crippen LogP contribution in [0.15, 0.2) is 77.7 Å². The molecule has 0 saturated carbocycles. The molecule has 1 amide bonds. The molecular weight excluding hydrogens is 467 g/mol. The van der Waals surface area contributed by atoms with E-state index in [2.05, 4.69) is 15.7 Å². The van der Waals surface area contributed by atoms with Crippen LogP contribution < -0.4 is 4.72 Å². The number of carbonyl (C=O) groups is 1. The summed E-state index contributed by atoms with van der Waals surface area (Å²) in [7, 11) is -3.86.